The third-order valence-electron chi connectivity index (χ3n) is 4.25. The maximum atomic E-state index is 13.2. The van der Waals surface area contributed by atoms with E-state index in [0.29, 0.717) is 17.3 Å². The van der Waals surface area contributed by atoms with Crippen LogP contribution in [0.3, 0.4) is 0 Å². The molecule has 0 atom stereocenters. The van der Waals surface area contributed by atoms with Gasteiger partial charge >= 0.3 is 5.69 Å². The largest absolute Gasteiger partial charge is 0.462 e. The van der Waals surface area contributed by atoms with Crippen LogP contribution in [0.25, 0.3) is 10.8 Å². The monoisotopic (exact) mass is 433 g/mol. The second kappa shape index (κ2) is 9.09. The summed E-state index contributed by atoms with van der Waals surface area (Å²) in [5.41, 5.74) is 4.83. The van der Waals surface area contributed by atoms with Crippen molar-refractivity contribution in [3.05, 3.63) is 50.3 Å². The zero-order chi connectivity index (χ0) is 21.8. The van der Waals surface area contributed by atoms with Crippen LogP contribution in [0, 0.1) is 5.92 Å². The fraction of sp³-hybridized carbons (Fsp3) is 0.368. The number of carbonyl (C=O) groups excluding carboxylic acids is 1. The number of methoxy groups -OCH3 is 1. The molecule has 11 heteroatoms. The highest BCUT2D eigenvalue weighted by Crippen LogP contribution is 2.26. The van der Waals surface area contributed by atoms with E-state index in [9.17, 15) is 14.4 Å². The van der Waals surface area contributed by atoms with Crippen LogP contribution < -0.4 is 21.9 Å². The van der Waals surface area contributed by atoms with Crippen molar-refractivity contribution in [1.82, 2.24) is 14.5 Å². The van der Waals surface area contributed by atoms with E-state index in [0.717, 1.165) is 0 Å². The van der Waals surface area contributed by atoms with E-state index in [2.05, 4.69) is 9.97 Å². The van der Waals surface area contributed by atoms with Crippen molar-refractivity contribution in [3.63, 3.8) is 0 Å². The minimum absolute atomic E-state index is 0.0517. The maximum Gasteiger partial charge on any atom is 0.330 e. The Morgan fingerprint density at radius 3 is 2.83 bits per heavy atom. The van der Waals surface area contributed by atoms with E-state index < -0.39 is 17.2 Å². The molecule has 0 unspecified atom stereocenters. The molecule has 30 heavy (non-hydrogen) atoms. The number of rotatable bonds is 8. The number of nitrogens with zero attached hydrogens (tertiary/aromatic N) is 3. The molecule has 3 N–H and O–H groups in total. The molecule has 0 spiro atoms. The van der Waals surface area contributed by atoms with Gasteiger partial charge in [0.2, 0.25) is 0 Å². The predicted octanol–water partition coefficient (Wildman–Crippen LogP) is 1.78. The summed E-state index contributed by atoms with van der Waals surface area (Å²) in [6.45, 7) is 4.32. The molecule has 10 nitrogen and oxygen atoms in total. The van der Waals surface area contributed by atoms with Gasteiger partial charge in [0, 0.05) is 25.6 Å². The molecular weight excluding hydrogens is 410 g/mol. The Morgan fingerprint density at radius 2 is 2.20 bits per heavy atom. The summed E-state index contributed by atoms with van der Waals surface area (Å²) < 4.78 is 11.7. The molecule has 3 heterocycles. The van der Waals surface area contributed by atoms with Gasteiger partial charge in [-0.3, -0.25) is 24.0 Å². The van der Waals surface area contributed by atoms with Gasteiger partial charge in [0.1, 0.15) is 11.5 Å². The van der Waals surface area contributed by atoms with E-state index in [-0.39, 0.29) is 36.3 Å². The number of amides is 1. The van der Waals surface area contributed by atoms with Gasteiger partial charge in [0.25, 0.3) is 11.5 Å². The van der Waals surface area contributed by atoms with Gasteiger partial charge < -0.3 is 14.9 Å². The first-order chi connectivity index (χ1) is 14.3. The Bertz CT molecular complexity index is 1130. The molecule has 3 rings (SSSR count). The number of hydrogen-bond acceptors (Lipinski definition) is 8. The van der Waals surface area contributed by atoms with E-state index in [1.807, 2.05) is 13.8 Å². The number of H-pyrrole nitrogens is 1. The molecule has 0 aliphatic rings. The minimum Gasteiger partial charge on any atom is -0.462 e. The van der Waals surface area contributed by atoms with Crippen LogP contribution in [-0.4, -0.2) is 40.7 Å². The Balaban J connectivity index is 2.05. The highest BCUT2D eigenvalue weighted by Gasteiger charge is 2.27. The second-order valence-electron chi connectivity index (χ2n) is 6.96. The standard InChI is InChI=1S/C19H23N5O5S/c1-11(2)9-24-15(20)14(16(25)22-19(24)27)23(6-8-28-3)18(26)12-10-30-17(21-12)13-5-4-7-29-13/h4-5,7,10-11H,6,8-9,20H2,1-3H3,(H,22,25,27). The van der Waals surface area contributed by atoms with E-state index in [1.165, 1.54) is 34.2 Å². The van der Waals surface area contributed by atoms with Crippen molar-refractivity contribution in [2.24, 2.45) is 5.92 Å². The average molecular weight is 433 g/mol. The molecule has 3 aromatic heterocycles. The van der Waals surface area contributed by atoms with Gasteiger partial charge in [-0.2, -0.15) is 0 Å². The quantitative estimate of drug-likeness (QED) is 0.552. The number of aromatic amines is 1. The number of carbonyl (C=O) groups is 1. The van der Waals surface area contributed by atoms with Crippen molar-refractivity contribution in [3.8, 4) is 10.8 Å². The van der Waals surface area contributed by atoms with Crippen LogP contribution in [0.1, 0.15) is 24.3 Å². The first-order valence-electron chi connectivity index (χ1n) is 9.26. The van der Waals surface area contributed by atoms with Crippen LogP contribution in [0.4, 0.5) is 11.5 Å². The summed E-state index contributed by atoms with van der Waals surface area (Å²) in [4.78, 5) is 45.9. The van der Waals surface area contributed by atoms with E-state index in [4.69, 9.17) is 14.9 Å². The lowest BCUT2D eigenvalue weighted by Gasteiger charge is -2.24. The lowest BCUT2D eigenvalue weighted by atomic mass is 10.2. The Labute approximate surface area is 175 Å². The number of thiazole rings is 1. The summed E-state index contributed by atoms with van der Waals surface area (Å²) in [7, 11) is 1.48. The first kappa shape index (κ1) is 21.5. The average Bonchev–Trinajstić information content (AvgIpc) is 3.38. The van der Waals surface area contributed by atoms with Crippen LogP contribution in [0.15, 0.2) is 37.8 Å². The van der Waals surface area contributed by atoms with Gasteiger partial charge in [-0.15, -0.1) is 11.3 Å². The SMILES string of the molecule is COCCN(C(=O)c1csc(-c2ccco2)n1)c1c(N)n(CC(C)C)c(=O)[nH]c1=O. The number of ether oxygens (including phenoxy) is 1. The van der Waals surface area contributed by atoms with Crippen LogP contribution in [0.5, 0.6) is 0 Å². The Hall–Kier alpha value is -3.18. The molecule has 160 valence electrons. The van der Waals surface area contributed by atoms with Crippen molar-refractivity contribution in [2.45, 2.75) is 20.4 Å². The molecule has 0 aliphatic heterocycles. The number of nitrogens with one attached hydrogen (secondary N) is 1. The Kier molecular flexibility index (Phi) is 6.53. The molecule has 1 amide bonds. The summed E-state index contributed by atoms with van der Waals surface area (Å²) >= 11 is 1.24. The summed E-state index contributed by atoms with van der Waals surface area (Å²) in [5, 5.41) is 2.11. The summed E-state index contributed by atoms with van der Waals surface area (Å²) in [6.07, 6.45) is 1.52. The zero-order valence-corrected chi connectivity index (χ0v) is 17.7. The topological polar surface area (TPSA) is 136 Å². The normalized spacial score (nSPS) is 11.2. The summed E-state index contributed by atoms with van der Waals surface area (Å²) in [6, 6.07) is 3.46. The molecule has 0 aromatic carbocycles. The van der Waals surface area contributed by atoms with Gasteiger partial charge in [0.05, 0.1) is 12.9 Å². The highest BCUT2D eigenvalue weighted by atomic mass is 32.1. The smallest absolute Gasteiger partial charge is 0.330 e. The van der Waals surface area contributed by atoms with Gasteiger partial charge in [-0.1, -0.05) is 13.8 Å². The molecule has 0 saturated carbocycles. The van der Waals surface area contributed by atoms with Crippen LogP contribution in [0.2, 0.25) is 0 Å². The van der Waals surface area contributed by atoms with Crippen molar-refractivity contribution in [1.29, 1.82) is 0 Å². The maximum absolute atomic E-state index is 13.2. The third kappa shape index (κ3) is 4.36. The van der Waals surface area contributed by atoms with Crippen LogP contribution in [-0.2, 0) is 11.3 Å². The fourth-order valence-electron chi connectivity index (χ4n) is 2.91. The first-order valence-corrected chi connectivity index (χ1v) is 10.1. The fourth-order valence-corrected chi connectivity index (χ4v) is 3.67. The highest BCUT2D eigenvalue weighted by molar-refractivity contribution is 7.13. The minimum atomic E-state index is -0.747. The Morgan fingerprint density at radius 1 is 1.43 bits per heavy atom. The number of furan rings is 1. The summed E-state index contributed by atoms with van der Waals surface area (Å²) in [5.74, 6) is 0.0167. The molecule has 0 radical (unpaired) electrons. The molecule has 3 aromatic rings. The van der Waals surface area contributed by atoms with E-state index in [1.54, 1.807) is 17.5 Å². The number of hydrogen-bond donors (Lipinski definition) is 2. The van der Waals surface area contributed by atoms with Crippen molar-refractivity contribution in [2.75, 3.05) is 30.9 Å². The van der Waals surface area contributed by atoms with Crippen molar-refractivity contribution >= 4 is 28.7 Å². The number of anilines is 2. The molecule has 0 saturated heterocycles. The van der Waals surface area contributed by atoms with Gasteiger partial charge in [0.15, 0.2) is 16.5 Å². The van der Waals surface area contributed by atoms with Gasteiger partial charge in [-0.25, -0.2) is 9.78 Å². The second-order valence-corrected chi connectivity index (χ2v) is 7.82. The number of aromatic nitrogens is 3. The third-order valence-corrected chi connectivity index (χ3v) is 5.11. The van der Waals surface area contributed by atoms with Gasteiger partial charge in [-0.05, 0) is 18.1 Å². The van der Waals surface area contributed by atoms with Crippen molar-refractivity contribution < 1.29 is 13.9 Å². The lowest BCUT2D eigenvalue weighted by Crippen LogP contribution is -2.43. The number of nitrogen functional groups attached to an aromatic ring is 1. The molecule has 0 bridgehead atoms. The molecular formula is C19H23N5O5S. The van der Waals surface area contributed by atoms with E-state index >= 15 is 0 Å². The van der Waals surface area contributed by atoms with Crippen LogP contribution >= 0.6 is 11.3 Å². The molecule has 0 aliphatic carbocycles. The predicted molar refractivity (Wildman–Crippen MR) is 114 cm³/mol. The zero-order valence-electron chi connectivity index (χ0n) is 16.9. The molecule has 0 fully saturated rings. The lowest BCUT2D eigenvalue weighted by molar-refractivity contribution is 0.0971. The number of nitrogens with two attached hydrogens (primary N) is 1.